The molecule has 8 nitrogen and oxygen atoms in total. The molecule has 0 radical (unpaired) electrons. The molecule has 0 bridgehead atoms. The van der Waals surface area contributed by atoms with Gasteiger partial charge in [-0.15, -0.1) is 0 Å². The Kier molecular flexibility index (Phi) is 6.10. The monoisotopic (exact) mass is 406 g/mol. The molecule has 1 aliphatic rings. The van der Waals surface area contributed by atoms with E-state index in [9.17, 15) is 9.59 Å². The number of hydrogen-bond acceptors (Lipinski definition) is 6. The molecule has 0 saturated carbocycles. The predicted octanol–water partition coefficient (Wildman–Crippen LogP) is 2.35. The molecular weight excluding hydrogens is 388 g/mol. The molecule has 0 spiro atoms. The van der Waals surface area contributed by atoms with Crippen LogP contribution in [0.15, 0.2) is 36.4 Å². The van der Waals surface area contributed by atoms with Crippen LogP contribution in [-0.4, -0.2) is 38.2 Å². The van der Waals surface area contributed by atoms with E-state index in [1.807, 2.05) is 0 Å². The lowest BCUT2D eigenvalue weighted by molar-refractivity contribution is -0.131. The first kappa shape index (κ1) is 19.6. The van der Waals surface area contributed by atoms with Gasteiger partial charge in [0.2, 0.25) is 6.10 Å². The summed E-state index contributed by atoms with van der Waals surface area (Å²) in [5, 5.41) is 0.221. The van der Waals surface area contributed by atoms with Crippen molar-refractivity contribution in [3.63, 3.8) is 0 Å². The van der Waals surface area contributed by atoms with Crippen LogP contribution in [0.1, 0.15) is 17.3 Å². The second kappa shape index (κ2) is 8.71. The summed E-state index contributed by atoms with van der Waals surface area (Å²) in [4.78, 5) is 24.6. The van der Waals surface area contributed by atoms with Gasteiger partial charge < -0.3 is 18.9 Å². The van der Waals surface area contributed by atoms with Gasteiger partial charge in [-0.05, 0) is 31.2 Å². The van der Waals surface area contributed by atoms with Crippen LogP contribution >= 0.6 is 11.6 Å². The van der Waals surface area contributed by atoms with Gasteiger partial charge >= 0.3 is 0 Å². The molecule has 1 aliphatic heterocycles. The minimum absolute atomic E-state index is 0.0292. The molecule has 3 rings (SSSR count). The zero-order valence-electron chi connectivity index (χ0n) is 15.3. The number of ether oxygens (including phenoxy) is 4. The minimum atomic E-state index is -0.895. The number of para-hydroxylation sites is 2. The van der Waals surface area contributed by atoms with Crippen molar-refractivity contribution in [2.24, 2.45) is 0 Å². The van der Waals surface area contributed by atoms with Crippen molar-refractivity contribution in [1.82, 2.24) is 10.9 Å². The maximum absolute atomic E-state index is 12.4. The Labute approximate surface area is 166 Å². The highest BCUT2D eigenvalue weighted by molar-refractivity contribution is 6.32. The van der Waals surface area contributed by atoms with Crippen molar-refractivity contribution >= 4 is 23.4 Å². The average molecular weight is 407 g/mol. The number of methoxy groups -OCH3 is 1. The molecule has 2 amide bonds. The van der Waals surface area contributed by atoms with Gasteiger partial charge in [-0.3, -0.25) is 20.4 Å². The molecule has 0 aromatic heterocycles. The number of rotatable bonds is 5. The molecule has 9 heteroatoms. The summed E-state index contributed by atoms with van der Waals surface area (Å²) in [7, 11) is 1.44. The quantitative estimate of drug-likeness (QED) is 0.740. The molecule has 148 valence electrons. The van der Waals surface area contributed by atoms with Crippen molar-refractivity contribution in [3.8, 4) is 23.0 Å². The lowest BCUT2D eigenvalue weighted by Crippen LogP contribution is -2.50. The van der Waals surface area contributed by atoms with Crippen molar-refractivity contribution < 1.29 is 28.5 Å². The lowest BCUT2D eigenvalue weighted by atomic mass is 10.2. The molecular formula is C19H19ClN2O6. The fourth-order valence-electron chi connectivity index (χ4n) is 2.56. The van der Waals surface area contributed by atoms with Crippen LogP contribution in [0.3, 0.4) is 0 Å². The molecule has 0 fully saturated rings. The summed E-state index contributed by atoms with van der Waals surface area (Å²) >= 11 is 6.16. The van der Waals surface area contributed by atoms with E-state index in [2.05, 4.69) is 10.9 Å². The summed E-state index contributed by atoms with van der Waals surface area (Å²) in [6.07, 6.45) is -0.895. The van der Waals surface area contributed by atoms with Gasteiger partial charge in [-0.1, -0.05) is 23.7 Å². The Morgan fingerprint density at radius 2 is 1.96 bits per heavy atom. The summed E-state index contributed by atoms with van der Waals surface area (Å²) in [6, 6.07) is 9.91. The SMILES string of the molecule is CCOc1c(Cl)cc(C(=O)NNC(=O)[C@H]2COc3ccccc3O2)cc1OC. The first-order valence-corrected chi connectivity index (χ1v) is 8.90. The number of nitrogens with one attached hydrogen (secondary N) is 2. The fraction of sp³-hybridized carbons (Fsp3) is 0.263. The number of halogens is 1. The molecule has 0 saturated heterocycles. The van der Waals surface area contributed by atoms with Crippen LogP contribution < -0.4 is 29.8 Å². The third-order valence-electron chi connectivity index (χ3n) is 3.88. The first-order valence-electron chi connectivity index (χ1n) is 8.52. The Morgan fingerprint density at radius 3 is 2.68 bits per heavy atom. The highest BCUT2D eigenvalue weighted by Gasteiger charge is 2.27. The van der Waals surface area contributed by atoms with E-state index in [1.54, 1.807) is 31.2 Å². The third kappa shape index (κ3) is 4.23. The Morgan fingerprint density at radius 1 is 1.21 bits per heavy atom. The summed E-state index contributed by atoms with van der Waals surface area (Å²) in [5.74, 6) is 0.556. The smallest absolute Gasteiger partial charge is 0.283 e. The molecule has 0 unspecified atom stereocenters. The van der Waals surface area contributed by atoms with Gasteiger partial charge in [0.15, 0.2) is 23.0 Å². The molecule has 1 atom stereocenters. The lowest BCUT2D eigenvalue weighted by Gasteiger charge is -2.25. The maximum Gasteiger partial charge on any atom is 0.283 e. The zero-order chi connectivity index (χ0) is 20.1. The number of benzene rings is 2. The summed E-state index contributed by atoms with van der Waals surface area (Å²) < 4.78 is 21.7. The normalized spacial score (nSPS) is 14.8. The van der Waals surface area contributed by atoms with Crippen LogP contribution in [0.4, 0.5) is 0 Å². The Bertz CT molecular complexity index is 889. The van der Waals surface area contributed by atoms with Crippen molar-refractivity contribution in [2.75, 3.05) is 20.3 Å². The van der Waals surface area contributed by atoms with Gasteiger partial charge in [0.05, 0.1) is 18.7 Å². The van der Waals surface area contributed by atoms with Crippen LogP contribution in [0.5, 0.6) is 23.0 Å². The largest absolute Gasteiger partial charge is 0.493 e. The van der Waals surface area contributed by atoms with E-state index in [0.29, 0.717) is 29.6 Å². The van der Waals surface area contributed by atoms with Gasteiger partial charge in [0.1, 0.15) is 6.61 Å². The number of hydrogen-bond donors (Lipinski definition) is 2. The fourth-order valence-corrected chi connectivity index (χ4v) is 2.82. The predicted molar refractivity (Wildman–Crippen MR) is 101 cm³/mol. The Balaban J connectivity index is 1.63. The topological polar surface area (TPSA) is 95.1 Å². The number of carbonyl (C=O) groups is 2. The van der Waals surface area contributed by atoms with E-state index in [-0.39, 0.29) is 17.2 Å². The second-order valence-corrected chi connectivity index (χ2v) is 6.14. The van der Waals surface area contributed by atoms with Gasteiger partial charge in [-0.25, -0.2) is 0 Å². The van der Waals surface area contributed by atoms with E-state index in [0.717, 1.165) is 0 Å². The Hall–Kier alpha value is -3.13. The van der Waals surface area contributed by atoms with Crippen LogP contribution in [0.2, 0.25) is 5.02 Å². The number of amides is 2. The van der Waals surface area contributed by atoms with Crippen molar-refractivity contribution in [1.29, 1.82) is 0 Å². The number of hydrazine groups is 1. The maximum atomic E-state index is 12.4. The average Bonchev–Trinajstić information content (AvgIpc) is 2.72. The summed E-state index contributed by atoms with van der Waals surface area (Å²) in [6.45, 7) is 2.23. The molecule has 2 aromatic carbocycles. The zero-order valence-corrected chi connectivity index (χ0v) is 16.0. The highest BCUT2D eigenvalue weighted by Crippen LogP contribution is 2.36. The van der Waals surface area contributed by atoms with Crippen LogP contribution in [-0.2, 0) is 4.79 Å². The molecule has 2 aromatic rings. The number of fused-ring (bicyclic) bond motifs is 1. The van der Waals surface area contributed by atoms with Gasteiger partial charge in [0, 0.05) is 5.56 Å². The van der Waals surface area contributed by atoms with E-state index in [1.165, 1.54) is 19.2 Å². The van der Waals surface area contributed by atoms with Gasteiger partial charge in [0.25, 0.3) is 11.8 Å². The molecule has 1 heterocycles. The molecule has 28 heavy (non-hydrogen) atoms. The molecule has 2 N–H and O–H groups in total. The van der Waals surface area contributed by atoms with E-state index >= 15 is 0 Å². The minimum Gasteiger partial charge on any atom is -0.493 e. The van der Waals surface area contributed by atoms with E-state index in [4.69, 9.17) is 30.5 Å². The summed E-state index contributed by atoms with van der Waals surface area (Å²) in [5.41, 5.74) is 4.83. The molecule has 0 aliphatic carbocycles. The van der Waals surface area contributed by atoms with Gasteiger partial charge in [-0.2, -0.15) is 0 Å². The number of carbonyl (C=O) groups excluding carboxylic acids is 2. The van der Waals surface area contributed by atoms with E-state index < -0.39 is 17.9 Å². The van der Waals surface area contributed by atoms with Crippen LogP contribution in [0.25, 0.3) is 0 Å². The second-order valence-electron chi connectivity index (χ2n) is 5.73. The standard InChI is InChI=1S/C19H19ClN2O6/c1-3-26-17-12(20)8-11(9-15(17)25-2)18(23)21-22-19(24)16-10-27-13-6-4-5-7-14(13)28-16/h4-9,16H,3,10H2,1-2H3,(H,21,23)(H,22,24)/t16-/m1/s1. The van der Waals surface area contributed by atoms with Crippen molar-refractivity contribution in [2.45, 2.75) is 13.0 Å². The highest BCUT2D eigenvalue weighted by atomic mass is 35.5. The first-order chi connectivity index (χ1) is 13.5. The third-order valence-corrected chi connectivity index (χ3v) is 4.16. The van der Waals surface area contributed by atoms with Crippen molar-refractivity contribution in [3.05, 3.63) is 47.0 Å². The van der Waals surface area contributed by atoms with Crippen LogP contribution in [0, 0.1) is 0 Å².